The molecule has 0 spiro atoms. The normalized spacial score (nSPS) is 13.6. The molecule has 0 aromatic heterocycles. The van der Waals surface area contributed by atoms with Gasteiger partial charge in [0.15, 0.2) is 5.69 Å². The standard InChI is InChI=1S/C13H16N2O2/c1-5-13(3,17)12(16)15-10-6-7-11(14-4)9(2)8-10/h6-8,17H,5H2,1-3H3,(H,15,16)/t13-/m0/s1. The molecular formula is C13H16N2O2. The average Bonchev–Trinajstić information content (AvgIpc) is 2.29. The van der Waals surface area contributed by atoms with Crippen LogP contribution in [0.25, 0.3) is 4.85 Å². The lowest BCUT2D eigenvalue weighted by molar-refractivity contribution is -0.132. The van der Waals surface area contributed by atoms with E-state index in [-0.39, 0.29) is 0 Å². The van der Waals surface area contributed by atoms with Gasteiger partial charge in [0, 0.05) is 5.69 Å². The van der Waals surface area contributed by atoms with Crippen LogP contribution in [0.4, 0.5) is 11.4 Å². The summed E-state index contributed by atoms with van der Waals surface area (Å²) in [5, 5.41) is 12.4. The van der Waals surface area contributed by atoms with E-state index in [9.17, 15) is 9.90 Å². The molecule has 90 valence electrons. The summed E-state index contributed by atoms with van der Waals surface area (Å²) in [6.45, 7) is 11.9. The fraction of sp³-hybridized carbons (Fsp3) is 0.385. The van der Waals surface area contributed by atoms with Crippen LogP contribution < -0.4 is 5.32 Å². The van der Waals surface area contributed by atoms with E-state index in [0.29, 0.717) is 17.8 Å². The molecule has 4 nitrogen and oxygen atoms in total. The number of aliphatic hydroxyl groups is 1. The Kier molecular flexibility index (Phi) is 3.87. The van der Waals surface area contributed by atoms with Crippen molar-refractivity contribution in [2.45, 2.75) is 32.8 Å². The number of nitrogens with one attached hydrogen (secondary N) is 1. The van der Waals surface area contributed by atoms with Crippen LogP contribution in [0, 0.1) is 13.5 Å². The van der Waals surface area contributed by atoms with Crippen LogP contribution in [-0.4, -0.2) is 16.6 Å². The van der Waals surface area contributed by atoms with Crippen LogP contribution in [0.3, 0.4) is 0 Å². The quantitative estimate of drug-likeness (QED) is 0.787. The third-order valence-electron chi connectivity index (χ3n) is 2.75. The van der Waals surface area contributed by atoms with E-state index >= 15 is 0 Å². The van der Waals surface area contributed by atoms with Crippen LogP contribution >= 0.6 is 0 Å². The highest BCUT2D eigenvalue weighted by molar-refractivity contribution is 5.97. The van der Waals surface area contributed by atoms with E-state index in [1.807, 2.05) is 0 Å². The number of carbonyl (C=O) groups excluding carboxylic acids is 1. The highest BCUT2D eigenvalue weighted by Crippen LogP contribution is 2.23. The van der Waals surface area contributed by atoms with Crippen molar-refractivity contribution in [1.29, 1.82) is 0 Å². The SMILES string of the molecule is [C-]#[N+]c1ccc(NC(=O)[C@@](C)(O)CC)cc1C. The summed E-state index contributed by atoms with van der Waals surface area (Å²) >= 11 is 0. The van der Waals surface area contributed by atoms with Crippen molar-refractivity contribution in [3.63, 3.8) is 0 Å². The molecule has 1 amide bonds. The van der Waals surface area contributed by atoms with E-state index in [1.165, 1.54) is 6.92 Å². The maximum Gasteiger partial charge on any atom is 0.256 e. The predicted octanol–water partition coefficient (Wildman–Crippen LogP) is 2.65. The molecule has 1 atom stereocenters. The summed E-state index contributed by atoms with van der Waals surface area (Å²) in [6.07, 6.45) is 0.345. The molecule has 2 N–H and O–H groups in total. The topological polar surface area (TPSA) is 53.7 Å². The number of anilines is 1. The second kappa shape index (κ2) is 4.98. The van der Waals surface area contributed by atoms with Crippen molar-refractivity contribution in [1.82, 2.24) is 0 Å². The Morgan fingerprint density at radius 2 is 2.24 bits per heavy atom. The maximum atomic E-state index is 11.7. The van der Waals surface area contributed by atoms with Gasteiger partial charge in [0.25, 0.3) is 5.91 Å². The Labute approximate surface area is 101 Å². The third-order valence-corrected chi connectivity index (χ3v) is 2.75. The molecule has 0 saturated carbocycles. The molecule has 0 aliphatic rings. The summed E-state index contributed by atoms with van der Waals surface area (Å²) in [7, 11) is 0. The fourth-order valence-corrected chi connectivity index (χ4v) is 1.28. The van der Waals surface area contributed by atoms with Gasteiger partial charge >= 0.3 is 0 Å². The fourth-order valence-electron chi connectivity index (χ4n) is 1.28. The second-order valence-corrected chi connectivity index (χ2v) is 4.19. The smallest absolute Gasteiger partial charge is 0.256 e. The number of hydrogen-bond acceptors (Lipinski definition) is 2. The van der Waals surface area contributed by atoms with Gasteiger partial charge in [-0.3, -0.25) is 4.79 Å². The van der Waals surface area contributed by atoms with Crippen molar-refractivity contribution < 1.29 is 9.90 Å². The van der Waals surface area contributed by atoms with Crippen molar-refractivity contribution in [3.05, 3.63) is 35.2 Å². The molecule has 0 bridgehead atoms. The van der Waals surface area contributed by atoms with Gasteiger partial charge in [-0.25, -0.2) is 4.85 Å². The molecule has 0 fully saturated rings. The van der Waals surface area contributed by atoms with E-state index in [2.05, 4.69) is 10.2 Å². The van der Waals surface area contributed by atoms with E-state index in [1.54, 1.807) is 32.0 Å². The molecule has 1 aromatic carbocycles. The first-order valence-electron chi connectivity index (χ1n) is 5.42. The van der Waals surface area contributed by atoms with Crippen LogP contribution in [0.1, 0.15) is 25.8 Å². The van der Waals surface area contributed by atoms with E-state index < -0.39 is 11.5 Å². The zero-order valence-electron chi connectivity index (χ0n) is 10.2. The van der Waals surface area contributed by atoms with Gasteiger partial charge in [-0.1, -0.05) is 13.0 Å². The largest absolute Gasteiger partial charge is 0.380 e. The average molecular weight is 232 g/mol. The number of carbonyl (C=O) groups is 1. The van der Waals surface area contributed by atoms with Crippen molar-refractivity contribution >= 4 is 17.3 Å². The summed E-state index contributed by atoms with van der Waals surface area (Å²) < 4.78 is 0. The molecular weight excluding hydrogens is 216 g/mol. The lowest BCUT2D eigenvalue weighted by Gasteiger charge is -2.20. The Hall–Kier alpha value is -1.86. The second-order valence-electron chi connectivity index (χ2n) is 4.19. The van der Waals surface area contributed by atoms with Gasteiger partial charge in [-0.2, -0.15) is 0 Å². The van der Waals surface area contributed by atoms with E-state index in [0.717, 1.165) is 5.56 Å². The van der Waals surface area contributed by atoms with Crippen LogP contribution in [0.2, 0.25) is 0 Å². The van der Waals surface area contributed by atoms with Crippen molar-refractivity contribution in [2.75, 3.05) is 5.32 Å². The lowest BCUT2D eigenvalue weighted by Crippen LogP contribution is -2.39. The van der Waals surface area contributed by atoms with Gasteiger partial charge < -0.3 is 10.4 Å². The molecule has 0 unspecified atom stereocenters. The Morgan fingerprint density at radius 3 is 2.71 bits per heavy atom. The molecule has 1 aromatic rings. The predicted molar refractivity (Wildman–Crippen MR) is 67.0 cm³/mol. The number of nitrogens with zero attached hydrogens (tertiary/aromatic N) is 1. The minimum absolute atomic E-state index is 0.345. The van der Waals surface area contributed by atoms with Crippen molar-refractivity contribution in [2.24, 2.45) is 0 Å². The summed E-state index contributed by atoms with van der Waals surface area (Å²) in [6, 6.07) is 5.03. The van der Waals surface area contributed by atoms with Gasteiger partial charge in [0.05, 0.1) is 6.57 Å². The van der Waals surface area contributed by atoms with Gasteiger partial charge in [0.1, 0.15) is 5.60 Å². The minimum atomic E-state index is -1.37. The molecule has 1 rings (SSSR count). The first kappa shape index (κ1) is 13.2. The zero-order chi connectivity index (χ0) is 13.1. The summed E-state index contributed by atoms with van der Waals surface area (Å²) in [4.78, 5) is 15.1. The number of hydrogen-bond donors (Lipinski definition) is 2. The summed E-state index contributed by atoms with van der Waals surface area (Å²) in [5.41, 5.74) is 0.583. The van der Waals surface area contributed by atoms with Crippen LogP contribution in [-0.2, 0) is 4.79 Å². The highest BCUT2D eigenvalue weighted by Gasteiger charge is 2.27. The number of benzene rings is 1. The summed E-state index contributed by atoms with van der Waals surface area (Å²) in [5.74, 6) is -0.435. The first-order valence-corrected chi connectivity index (χ1v) is 5.42. The molecule has 17 heavy (non-hydrogen) atoms. The van der Waals surface area contributed by atoms with Gasteiger partial charge in [-0.15, -0.1) is 0 Å². The highest BCUT2D eigenvalue weighted by atomic mass is 16.3. The molecule has 0 aliphatic carbocycles. The number of amides is 1. The Balaban J connectivity index is 2.88. The molecule has 0 saturated heterocycles. The first-order chi connectivity index (χ1) is 7.90. The lowest BCUT2D eigenvalue weighted by atomic mass is 10.0. The monoisotopic (exact) mass is 232 g/mol. The molecule has 4 heteroatoms. The maximum absolute atomic E-state index is 11.7. The Morgan fingerprint density at radius 1 is 1.59 bits per heavy atom. The van der Waals surface area contributed by atoms with E-state index in [4.69, 9.17) is 6.57 Å². The van der Waals surface area contributed by atoms with Gasteiger partial charge in [-0.05, 0) is 38.0 Å². The molecule has 0 heterocycles. The Bertz CT molecular complexity index is 473. The minimum Gasteiger partial charge on any atom is -0.380 e. The van der Waals surface area contributed by atoms with Gasteiger partial charge in [0.2, 0.25) is 0 Å². The number of rotatable bonds is 3. The van der Waals surface area contributed by atoms with Crippen LogP contribution in [0.5, 0.6) is 0 Å². The molecule has 0 aliphatic heterocycles. The molecule has 0 radical (unpaired) electrons. The van der Waals surface area contributed by atoms with Crippen molar-refractivity contribution in [3.8, 4) is 0 Å². The zero-order valence-corrected chi connectivity index (χ0v) is 10.2. The van der Waals surface area contributed by atoms with Crippen LogP contribution in [0.15, 0.2) is 18.2 Å². The third kappa shape index (κ3) is 3.05. The number of aryl methyl sites for hydroxylation is 1.